The van der Waals surface area contributed by atoms with E-state index in [2.05, 4.69) is 5.32 Å². The first-order valence-corrected chi connectivity index (χ1v) is 5.57. The molecular weight excluding hydrogens is 226 g/mol. The highest BCUT2D eigenvalue weighted by Crippen LogP contribution is 2.32. The van der Waals surface area contributed by atoms with Crippen LogP contribution in [0.5, 0.6) is 0 Å². The van der Waals surface area contributed by atoms with Gasteiger partial charge in [0, 0.05) is 7.05 Å². The zero-order valence-electron chi connectivity index (χ0n) is 7.79. The smallest absolute Gasteiger partial charge is 0.249 e. The lowest BCUT2D eigenvalue weighted by Crippen LogP contribution is -2.37. The molecule has 1 N–H and O–H groups in total. The number of fused-ring (bicyclic) bond motifs is 1. The van der Waals surface area contributed by atoms with Gasteiger partial charge < -0.3 is 5.32 Å². The summed E-state index contributed by atoms with van der Waals surface area (Å²) in [6.45, 7) is -0.0737. The van der Waals surface area contributed by atoms with Gasteiger partial charge in [0.05, 0.1) is 12.4 Å². The van der Waals surface area contributed by atoms with Crippen LogP contribution < -0.4 is 5.32 Å². The van der Waals surface area contributed by atoms with Crippen molar-refractivity contribution in [3.05, 3.63) is 23.8 Å². The Balaban J connectivity index is 2.80. The maximum Gasteiger partial charge on any atom is 0.249 e. The van der Waals surface area contributed by atoms with E-state index in [1.165, 1.54) is 7.05 Å². The Hall–Kier alpha value is -1.21. The van der Waals surface area contributed by atoms with Crippen LogP contribution in [0.25, 0.3) is 0 Å². The molecule has 82 valence electrons. The number of sulfonamides is 1. The first-order chi connectivity index (χ1) is 6.94. The summed E-state index contributed by atoms with van der Waals surface area (Å²) in [6.07, 6.45) is 0. The Kier molecular flexibility index (Phi) is 2.16. The highest BCUT2D eigenvalue weighted by atomic mass is 32.2. The van der Waals surface area contributed by atoms with Gasteiger partial charge in [0.15, 0.2) is 0 Å². The second-order valence-electron chi connectivity index (χ2n) is 3.17. The Labute approximate surface area is 85.6 Å². The molecule has 0 aromatic heterocycles. The van der Waals surface area contributed by atoms with Gasteiger partial charge in [-0.1, -0.05) is 0 Å². The molecule has 1 aliphatic heterocycles. The Morgan fingerprint density at radius 3 is 2.60 bits per heavy atom. The predicted octanol–water partition coefficient (Wildman–Crippen LogP) is 0.968. The Bertz CT molecular complexity index is 516. The van der Waals surface area contributed by atoms with Gasteiger partial charge in [0.1, 0.15) is 16.5 Å². The molecule has 0 spiro atoms. The summed E-state index contributed by atoms with van der Waals surface area (Å²) in [5.74, 6) is -1.73. The van der Waals surface area contributed by atoms with Crippen LogP contribution in [0.4, 0.5) is 14.5 Å². The van der Waals surface area contributed by atoms with Crippen molar-refractivity contribution in [3.63, 3.8) is 0 Å². The van der Waals surface area contributed by atoms with Crippen LogP contribution in [0.3, 0.4) is 0 Å². The van der Waals surface area contributed by atoms with Crippen molar-refractivity contribution in [2.24, 2.45) is 0 Å². The highest BCUT2D eigenvalue weighted by Gasteiger charge is 2.33. The first kappa shape index (κ1) is 10.3. The molecule has 7 heteroatoms. The fraction of sp³-hybridized carbons (Fsp3) is 0.250. The van der Waals surface area contributed by atoms with Crippen molar-refractivity contribution in [1.29, 1.82) is 0 Å². The van der Waals surface area contributed by atoms with Crippen LogP contribution in [0.2, 0.25) is 0 Å². The monoisotopic (exact) mass is 234 g/mol. The first-order valence-electron chi connectivity index (χ1n) is 4.13. The molecule has 4 nitrogen and oxygen atoms in total. The quantitative estimate of drug-likeness (QED) is 0.727. The summed E-state index contributed by atoms with van der Waals surface area (Å²) in [5, 5.41) is 2.51. The van der Waals surface area contributed by atoms with Crippen LogP contribution in [-0.4, -0.2) is 26.4 Å². The van der Waals surface area contributed by atoms with E-state index >= 15 is 0 Å². The lowest BCUT2D eigenvalue weighted by molar-refractivity contribution is 0.465. The molecule has 1 aliphatic rings. The van der Waals surface area contributed by atoms with Crippen LogP contribution in [0, 0.1) is 11.6 Å². The average molecular weight is 234 g/mol. The van der Waals surface area contributed by atoms with E-state index in [-0.39, 0.29) is 12.4 Å². The second-order valence-corrected chi connectivity index (χ2v) is 5.15. The van der Waals surface area contributed by atoms with E-state index in [4.69, 9.17) is 0 Å². The number of hydrogen-bond acceptors (Lipinski definition) is 3. The van der Waals surface area contributed by atoms with Gasteiger partial charge in [0.2, 0.25) is 10.0 Å². The summed E-state index contributed by atoms with van der Waals surface area (Å²) in [4.78, 5) is -0.628. The summed E-state index contributed by atoms with van der Waals surface area (Å²) < 4.78 is 50.7. The molecule has 0 amide bonds. The van der Waals surface area contributed by atoms with Gasteiger partial charge in [-0.3, -0.25) is 0 Å². The van der Waals surface area contributed by atoms with Crippen molar-refractivity contribution >= 4 is 15.7 Å². The van der Waals surface area contributed by atoms with Gasteiger partial charge in [-0.2, -0.15) is 4.31 Å². The third-order valence-electron chi connectivity index (χ3n) is 2.21. The summed E-state index contributed by atoms with van der Waals surface area (Å²) in [7, 11) is -2.63. The molecule has 0 saturated heterocycles. The summed E-state index contributed by atoms with van der Waals surface area (Å²) in [5.41, 5.74) is -0.298. The predicted molar refractivity (Wildman–Crippen MR) is 49.8 cm³/mol. The number of rotatable bonds is 0. The van der Waals surface area contributed by atoms with Crippen LogP contribution in [-0.2, 0) is 10.0 Å². The maximum absolute atomic E-state index is 13.3. The SMILES string of the molecule is CN1CNc2c(F)ccc(F)c2S1(=O)=O. The van der Waals surface area contributed by atoms with Gasteiger partial charge >= 0.3 is 0 Å². The number of hydrogen-bond donors (Lipinski definition) is 1. The average Bonchev–Trinajstić information content (AvgIpc) is 2.16. The van der Waals surface area contributed by atoms with Crippen molar-refractivity contribution < 1.29 is 17.2 Å². The second kappa shape index (κ2) is 3.14. The molecule has 0 fully saturated rings. The Morgan fingerprint density at radius 1 is 1.33 bits per heavy atom. The molecule has 0 radical (unpaired) electrons. The molecule has 0 saturated carbocycles. The molecular formula is C8H8F2N2O2S. The van der Waals surface area contributed by atoms with Crippen LogP contribution in [0.15, 0.2) is 17.0 Å². The molecule has 1 aromatic carbocycles. The molecule has 0 unspecified atom stereocenters. The minimum atomic E-state index is -3.92. The van der Waals surface area contributed by atoms with Gasteiger partial charge in [-0.15, -0.1) is 0 Å². The van der Waals surface area contributed by atoms with Crippen molar-refractivity contribution in [2.75, 3.05) is 19.0 Å². The van der Waals surface area contributed by atoms with E-state index in [0.29, 0.717) is 0 Å². The number of nitrogens with zero attached hydrogens (tertiary/aromatic N) is 1. The summed E-state index contributed by atoms with van der Waals surface area (Å²) >= 11 is 0. The zero-order valence-corrected chi connectivity index (χ0v) is 8.61. The lowest BCUT2D eigenvalue weighted by atomic mass is 10.3. The van der Waals surface area contributed by atoms with Gasteiger partial charge in [-0.25, -0.2) is 17.2 Å². The van der Waals surface area contributed by atoms with E-state index in [1.54, 1.807) is 0 Å². The third kappa shape index (κ3) is 1.38. The highest BCUT2D eigenvalue weighted by molar-refractivity contribution is 7.89. The molecule has 1 aromatic rings. The van der Waals surface area contributed by atoms with Crippen molar-refractivity contribution in [3.8, 4) is 0 Å². The summed E-state index contributed by atoms with van der Waals surface area (Å²) in [6, 6.07) is 1.69. The van der Waals surface area contributed by atoms with Gasteiger partial charge in [-0.05, 0) is 12.1 Å². The van der Waals surface area contributed by atoms with E-state index in [1.807, 2.05) is 0 Å². The molecule has 2 rings (SSSR count). The Morgan fingerprint density at radius 2 is 1.93 bits per heavy atom. The minimum absolute atomic E-state index is 0.0737. The van der Waals surface area contributed by atoms with Gasteiger partial charge in [0.25, 0.3) is 0 Å². The molecule has 0 atom stereocenters. The molecule has 0 bridgehead atoms. The maximum atomic E-state index is 13.3. The fourth-order valence-electron chi connectivity index (χ4n) is 1.38. The van der Waals surface area contributed by atoms with E-state index in [0.717, 1.165) is 16.4 Å². The standard InChI is InChI=1S/C8H8F2N2O2S/c1-12-4-11-7-5(9)2-3-6(10)8(7)15(12,13)14/h2-3,11H,4H2,1H3. The van der Waals surface area contributed by atoms with E-state index in [9.17, 15) is 17.2 Å². The minimum Gasteiger partial charge on any atom is -0.368 e. The number of anilines is 1. The third-order valence-corrected chi connectivity index (χ3v) is 4.07. The normalized spacial score (nSPS) is 19.4. The van der Waals surface area contributed by atoms with Crippen molar-refractivity contribution in [1.82, 2.24) is 4.31 Å². The number of nitrogens with one attached hydrogen (secondary N) is 1. The zero-order chi connectivity index (χ0) is 11.2. The van der Waals surface area contributed by atoms with Crippen LogP contribution in [0.1, 0.15) is 0 Å². The number of halogens is 2. The largest absolute Gasteiger partial charge is 0.368 e. The van der Waals surface area contributed by atoms with Crippen molar-refractivity contribution in [2.45, 2.75) is 4.90 Å². The molecule has 0 aliphatic carbocycles. The molecule has 1 heterocycles. The number of benzene rings is 1. The lowest BCUT2D eigenvalue weighted by Gasteiger charge is -2.26. The topological polar surface area (TPSA) is 49.4 Å². The fourth-order valence-corrected chi connectivity index (χ4v) is 2.67. The van der Waals surface area contributed by atoms with Crippen LogP contribution >= 0.6 is 0 Å². The van der Waals surface area contributed by atoms with E-state index < -0.39 is 26.6 Å². The molecule has 15 heavy (non-hydrogen) atoms.